The number of benzene rings is 2. The van der Waals surface area contributed by atoms with Gasteiger partial charge in [0.15, 0.2) is 0 Å². The largest absolute Gasteiger partial charge is 0.490 e. The molecule has 3 N–H and O–H groups in total. The molecule has 0 aliphatic carbocycles. The van der Waals surface area contributed by atoms with Gasteiger partial charge in [0.05, 0.1) is 17.1 Å². The zero-order chi connectivity index (χ0) is 18.3. The Labute approximate surface area is 146 Å². The summed E-state index contributed by atoms with van der Waals surface area (Å²) in [6.07, 6.45) is 0. The highest BCUT2D eigenvalue weighted by molar-refractivity contribution is 7.89. The number of carbonyl (C=O) groups is 1. The molecule has 0 aliphatic rings. The molecule has 0 radical (unpaired) electrons. The summed E-state index contributed by atoms with van der Waals surface area (Å²) in [5.41, 5.74) is 1.17. The highest BCUT2D eigenvalue weighted by Gasteiger charge is 2.12. The van der Waals surface area contributed by atoms with Gasteiger partial charge in [0.1, 0.15) is 12.4 Å². The Kier molecular flexibility index (Phi) is 6.51. The molecule has 8 heteroatoms. The minimum Gasteiger partial charge on any atom is -0.490 e. The summed E-state index contributed by atoms with van der Waals surface area (Å²) in [5, 5.41) is 7.82. The number of methoxy groups -OCH3 is 1. The third-order valence-electron chi connectivity index (χ3n) is 3.38. The second-order valence-corrected chi connectivity index (χ2v) is 6.77. The van der Waals surface area contributed by atoms with Crippen LogP contribution >= 0.6 is 0 Å². The fraction of sp³-hybridized carbons (Fsp3) is 0.235. The van der Waals surface area contributed by atoms with Crippen molar-refractivity contribution in [3.05, 3.63) is 59.7 Å². The third-order valence-corrected chi connectivity index (χ3v) is 4.31. The molecule has 0 fully saturated rings. The van der Waals surface area contributed by atoms with Gasteiger partial charge in [-0.05, 0) is 29.8 Å². The van der Waals surface area contributed by atoms with Gasteiger partial charge in [-0.3, -0.25) is 4.79 Å². The molecule has 1 amide bonds. The van der Waals surface area contributed by atoms with Crippen LogP contribution in [0.15, 0.2) is 53.4 Å². The number of nitrogens with two attached hydrogens (primary N) is 1. The van der Waals surface area contributed by atoms with Crippen LogP contribution in [-0.2, 0) is 21.3 Å². The van der Waals surface area contributed by atoms with E-state index in [2.05, 4.69) is 5.32 Å². The lowest BCUT2D eigenvalue weighted by Gasteiger charge is -2.11. The van der Waals surface area contributed by atoms with Gasteiger partial charge in [-0.2, -0.15) is 0 Å². The minimum atomic E-state index is -3.72. The minimum absolute atomic E-state index is 0.0273. The predicted octanol–water partition coefficient (Wildman–Crippen LogP) is 1.29. The molecule has 0 heterocycles. The van der Waals surface area contributed by atoms with Gasteiger partial charge in [-0.1, -0.05) is 24.3 Å². The zero-order valence-electron chi connectivity index (χ0n) is 13.8. The number of nitrogens with one attached hydrogen (secondary N) is 1. The van der Waals surface area contributed by atoms with Crippen molar-refractivity contribution in [1.82, 2.24) is 5.32 Å². The smallest absolute Gasteiger partial charge is 0.255 e. The van der Waals surface area contributed by atoms with Crippen LogP contribution in [0, 0.1) is 0 Å². The molecular weight excluding hydrogens is 344 g/mol. The summed E-state index contributed by atoms with van der Waals surface area (Å²) >= 11 is 0. The van der Waals surface area contributed by atoms with E-state index in [1.807, 2.05) is 0 Å². The number of amides is 1. The Morgan fingerprint density at radius 2 is 1.76 bits per heavy atom. The first-order valence-corrected chi connectivity index (χ1v) is 9.07. The average molecular weight is 364 g/mol. The molecule has 2 aromatic carbocycles. The van der Waals surface area contributed by atoms with Crippen LogP contribution in [0.25, 0.3) is 0 Å². The van der Waals surface area contributed by atoms with Gasteiger partial charge in [0.25, 0.3) is 5.91 Å². The van der Waals surface area contributed by atoms with E-state index in [-0.39, 0.29) is 17.3 Å². The molecule has 2 rings (SSSR count). The SMILES string of the molecule is COCCOc1ccccc1C(=O)NCc1ccc(S(N)(=O)=O)cc1. The van der Waals surface area contributed by atoms with Crippen LogP contribution in [0.4, 0.5) is 0 Å². The summed E-state index contributed by atoms with van der Waals surface area (Å²) in [6.45, 7) is 1.01. The Hall–Kier alpha value is -2.42. The maximum Gasteiger partial charge on any atom is 0.255 e. The van der Waals surface area contributed by atoms with E-state index < -0.39 is 10.0 Å². The fourth-order valence-corrected chi connectivity index (χ4v) is 2.61. The number of hydrogen-bond acceptors (Lipinski definition) is 5. The molecule has 25 heavy (non-hydrogen) atoms. The number of primary sulfonamides is 1. The molecule has 0 spiro atoms. The summed E-state index contributed by atoms with van der Waals surface area (Å²) < 4.78 is 32.9. The van der Waals surface area contributed by atoms with Crippen LogP contribution in [-0.4, -0.2) is 34.6 Å². The normalized spacial score (nSPS) is 11.1. The lowest BCUT2D eigenvalue weighted by Crippen LogP contribution is -2.23. The Morgan fingerprint density at radius 1 is 1.08 bits per heavy atom. The molecule has 2 aromatic rings. The number of ether oxygens (including phenoxy) is 2. The fourth-order valence-electron chi connectivity index (χ4n) is 2.09. The van der Waals surface area contributed by atoms with E-state index in [1.165, 1.54) is 12.1 Å². The summed E-state index contributed by atoms with van der Waals surface area (Å²) in [4.78, 5) is 12.4. The summed E-state index contributed by atoms with van der Waals surface area (Å²) in [5.74, 6) is 0.185. The molecule has 0 saturated carbocycles. The molecule has 0 unspecified atom stereocenters. The molecule has 0 saturated heterocycles. The van der Waals surface area contributed by atoms with Crippen LogP contribution < -0.4 is 15.2 Å². The first kappa shape index (κ1) is 18.9. The van der Waals surface area contributed by atoms with Crippen LogP contribution in [0.1, 0.15) is 15.9 Å². The number of hydrogen-bond donors (Lipinski definition) is 2. The summed E-state index contributed by atoms with van der Waals surface area (Å²) in [7, 11) is -2.15. The lowest BCUT2D eigenvalue weighted by molar-refractivity contribution is 0.0943. The highest BCUT2D eigenvalue weighted by Crippen LogP contribution is 2.18. The topological polar surface area (TPSA) is 108 Å². The average Bonchev–Trinajstić information content (AvgIpc) is 2.60. The van der Waals surface area contributed by atoms with E-state index in [9.17, 15) is 13.2 Å². The Bertz CT molecular complexity index is 819. The van der Waals surface area contributed by atoms with Crippen molar-refractivity contribution in [2.75, 3.05) is 20.3 Å². The lowest BCUT2D eigenvalue weighted by atomic mass is 10.1. The summed E-state index contributed by atoms with van der Waals surface area (Å²) in [6, 6.07) is 12.9. The van der Waals surface area contributed by atoms with Crippen LogP contribution in [0.5, 0.6) is 5.75 Å². The van der Waals surface area contributed by atoms with Crippen LogP contribution in [0.3, 0.4) is 0 Å². The van der Waals surface area contributed by atoms with Crippen molar-refractivity contribution >= 4 is 15.9 Å². The van der Waals surface area contributed by atoms with E-state index in [4.69, 9.17) is 14.6 Å². The van der Waals surface area contributed by atoms with Gasteiger partial charge in [0, 0.05) is 13.7 Å². The van der Waals surface area contributed by atoms with Gasteiger partial charge >= 0.3 is 0 Å². The first-order valence-electron chi connectivity index (χ1n) is 7.52. The second-order valence-electron chi connectivity index (χ2n) is 5.21. The van der Waals surface area contributed by atoms with Gasteiger partial charge in [-0.15, -0.1) is 0 Å². The van der Waals surface area contributed by atoms with Crippen molar-refractivity contribution in [2.45, 2.75) is 11.4 Å². The monoisotopic (exact) mass is 364 g/mol. The Morgan fingerprint density at radius 3 is 2.40 bits per heavy atom. The van der Waals surface area contributed by atoms with Gasteiger partial charge in [0.2, 0.25) is 10.0 Å². The first-order chi connectivity index (χ1) is 11.9. The molecule has 7 nitrogen and oxygen atoms in total. The quantitative estimate of drug-likeness (QED) is 0.686. The zero-order valence-corrected chi connectivity index (χ0v) is 14.6. The van der Waals surface area contributed by atoms with E-state index in [1.54, 1.807) is 43.5 Å². The van der Waals surface area contributed by atoms with Gasteiger partial charge in [-0.25, -0.2) is 13.6 Å². The number of carbonyl (C=O) groups excluding carboxylic acids is 1. The van der Waals surface area contributed by atoms with Crippen molar-refractivity contribution in [1.29, 1.82) is 0 Å². The van der Waals surface area contributed by atoms with Crippen molar-refractivity contribution in [3.63, 3.8) is 0 Å². The number of rotatable bonds is 8. The predicted molar refractivity (Wildman–Crippen MR) is 92.8 cm³/mol. The standard InChI is InChI=1S/C17H20N2O5S/c1-23-10-11-24-16-5-3-2-4-15(16)17(20)19-12-13-6-8-14(9-7-13)25(18,21)22/h2-9H,10-12H2,1H3,(H,19,20)(H2,18,21,22). The third kappa shape index (κ3) is 5.56. The van der Waals surface area contributed by atoms with Crippen molar-refractivity contribution < 1.29 is 22.7 Å². The van der Waals surface area contributed by atoms with E-state index in [0.29, 0.717) is 24.5 Å². The maximum absolute atomic E-state index is 12.4. The Balaban J connectivity index is 2.00. The van der Waals surface area contributed by atoms with Gasteiger partial charge < -0.3 is 14.8 Å². The second kappa shape index (κ2) is 8.61. The molecular formula is C17H20N2O5S. The number of sulfonamides is 1. The van der Waals surface area contributed by atoms with Crippen LogP contribution in [0.2, 0.25) is 0 Å². The molecule has 0 aliphatic heterocycles. The van der Waals surface area contributed by atoms with Crippen molar-refractivity contribution in [2.24, 2.45) is 5.14 Å². The van der Waals surface area contributed by atoms with E-state index in [0.717, 1.165) is 5.56 Å². The van der Waals surface area contributed by atoms with E-state index >= 15 is 0 Å². The molecule has 134 valence electrons. The molecule has 0 bridgehead atoms. The highest BCUT2D eigenvalue weighted by atomic mass is 32.2. The number of para-hydroxylation sites is 1. The molecule has 0 atom stereocenters. The van der Waals surface area contributed by atoms with Crippen molar-refractivity contribution in [3.8, 4) is 5.75 Å². The molecule has 0 aromatic heterocycles. The maximum atomic E-state index is 12.4.